The highest BCUT2D eigenvalue weighted by Gasteiger charge is 2.49. The first-order chi connectivity index (χ1) is 12.3. The van der Waals surface area contributed by atoms with Gasteiger partial charge >= 0.3 is 12.0 Å². The van der Waals surface area contributed by atoms with Crippen molar-refractivity contribution in [3.05, 3.63) is 35.4 Å². The third-order valence-corrected chi connectivity index (χ3v) is 4.50. The maximum atomic E-state index is 12.7. The number of urea groups is 1. The molecule has 0 aromatic heterocycles. The van der Waals surface area contributed by atoms with Crippen LogP contribution in [-0.2, 0) is 24.7 Å². The Kier molecular flexibility index (Phi) is 4.67. The van der Waals surface area contributed by atoms with Crippen molar-refractivity contribution in [3.8, 4) is 0 Å². The predicted octanol–water partition coefficient (Wildman–Crippen LogP) is 0.584. The van der Waals surface area contributed by atoms with Crippen LogP contribution in [0.25, 0.3) is 0 Å². The molecule has 0 spiro atoms. The lowest BCUT2D eigenvalue weighted by Gasteiger charge is -2.22. The van der Waals surface area contributed by atoms with Crippen LogP contribution in [0.2, 0.25) is 0 Å². The van der Waals surface area contributed by atoms with Gasteiger partial charge in [-0.05, 0) is 32.3 Å². The van der Waals surface area contributed by atoms with Crippen LogP contribution in [-0.4, -0.2) is 47.9 Å². The summed E-state index contributed by atoms with van der Waals surface area (Å²) in [6.45, 7) is 2.55. The summed E-state index contributed by atoms with van der Waals surface area (Å²) >= 11 is 0. The number of hydrogen-bond acceptors (Lipinski definition) is 5. The fraction of sp³-hybridized carbons (Fsp3) is 0.444. The Balaban J connectivity index is 1.60. The molecule has 0 radical (unpaired) electrons. The molecule has 2 N–H and O–H groups in total. The zero-order valence-electron chi connectivity index (χ0n) is 14.7. The Hall–Kier alpha value is -2.90. The predicted molar refractivity (Wildman–Crippen MR) is 90.9 cm³/mol. The molecule has 138 valence electrons. The van der Waals surface area contributed by atoms with E-state index in [1.807, 2.05) is 19.1 Å². The summed E-state index contributed by atoms with van der Waals surface area (Å²) in [7, 11) is 0. The van der Waals surface area contributed by atoms with Crippen molar-refractivity contribution < 1.29 is 23.9 Å². The molecule has 3 rings (SSSR count). The van der Waals surface area contributed by atoms with Gasteiger partial charge in [0.05, 0.1) is 0 Å². The third kappa shape index (κ3) is 3.68. The van der Waals surface area contributed by atoms with Gasteiger partial charge in [0.2, 0.25) is 0 Å². The number of nitrogens with zero attached hydrogens (tertiary/aromatic N) is 1. The normalized spacial score (nSPS) is 22.2. The summed E-state index contributed by atoms with van der Waals surface area (Å²) in [4.78, 5) is 49.1. The molecule has 4 amide bonds. The number of benzene rings is 1. The van der Waals surface area contributed by atoms with Crippen LogP contribution >= 0.6 is 0 Å². The van der Waals surface area contributed by atoms with Gasteiger partial charge in [-0.25, -0.2) is 4.79 Å². The van der Waals surface area contributed by atoms with Crippen molar-refractivity contribution in [2.75, 3.05) is 13.2 Å². The zero-order chi connectivity index (χ0) is 18.9. The maximum absolute atomic E-state index is 12.7. The largest absolute Gasteiger partial charge is 0.454 e. The van der Waals surface area contributed by atoms with Gasteiger partial charge in [0.1, 0.15) is 12.1 Å². The standard InChI is InChI=1S/C18H21N3O5/c1-11-3-5-12(6-4-11)18(2)16(24)21(17(25)20-18)9-15(23)26-10-14(22)19-13-7-8-13/h3-6,13H,7-10H2,1-2H3,(H,19,22)(H,20,25)/t18-/m0/s1. The fourth-order valence-corrected chi connectivity index (χ4v) is 2.74. The van der Waals surface area contributed by atoms with Crippen molar-refractivity contribution >= 4 is 23.8 Å². The molecule has 8 heteroatoms. The number of imide groups is 1. The van der Waals surface area contributed by atoms with Gasteiger partial charge in [0.15, 0.2) is 6.61 Å². The first-order valence-corrected chi connectivity index (χ1v) is 8.46. The van der Waals surface area contributed by atoms with Gasteiger partial charge in [-0.15, -0.1) is 0 Å². The zero-order valence-corrected chi connectivity index (χ0v) is 14.7. The van der Waals surface area contributed by atoms with Gasteiger partial charge in [-0.3, -0.25) is 19.3 Å². The summed E-state index contributed by atoms with van der Waals surface area (Å²) in [5.41, 5.74) is 0.411. The smallest absolute Gasteiger partial charge is 0.326 e. The second-order valence-corrected chi connectivity index (χ2v) is 6.81. The van der Waals surface area contributed by atoms with E-state index in [2.05, 4.69) is 10.6 Å². The Bertz CT molecular complexity index is 757. The molecule has 1 saturated heterocycles. The molecule has 1 aliphatic carbocycles. The third-order valence-electron chi connectivity index (χ3n) is 4.50. The molecular formula is C18H21N3O5. The van der Waals surface area contributed by atoms with Gasteiger partial charge < -0.3 is 15.4 Å². The van der Waals surface area contributed by atoms with Crippen LogP contribution in [0.5, 0.6) is 0 Å². The Labute approximate surface area is 150 Å². The van der Waals surface area contributed by atoms with Crippen LogP contribution in [0, 0.1) is 6.92 Å². The molecule has 0 bridgehead atoms. The number of aryl methyl sites for hydroxylation is 1. The maximum Gasteiger partial charge on any atom is 0.326 e. The van der Waals surface area contributed by atoms with Gasteiger partial charge in [0, 0.05) is 6.04 Å². The highest BCUT2D eigenvalue weighted by molar-refractivity contribution is 6.08. The van der Waals surface area contributed by atoms with E-state index in [9.17, 15) is 19.2 Å². The Morgan fingerprint density at radius 2 is 1.92 bits per heavy atom. The van der Waals surface area contributed by atoms with Gasteiger partial charge in [0.25, 0.3) is 11.8 Å². The molecule has 1 aromatic carbocycles. The average Bonchev–Trinajstić information content (AvgIpc) is 3.37. The van der Waals surface area contributed by atoms with Crippen LogP contribution in [0.1, 0.15) is 30.9 Å². The van der Waals surface area contributed by atoms with Crippen molar-refractivity contribution in [1.29, 1.82) is 0 Å². The molecule has 1 aromatic rings. The number of nitrogens with one attached hydrogen (secondary N) is 2. The van der Waals surface area contributed by atoms with Crippen molar-refractivity contribution in [2.24, 2.45) is 0 Å². The molecule has 26 heavy (non-hydrogen) atoms. The first kappa shape index (κ1) is 17.9. The summed E-state index contributed by atoms with van der Waals surface area (Å²) in [6, 6.07) is 6.71. The molecule has 0 unspecified atom stereocenters. The lowest BCUT2D eigenvalue weighted by Crippen LogP contribution is -2.42. The van der Waals surface area contributed by atoms with Crippen molar-refractivity contribution in [3.63, 3.8) is 0 Å². The highest BCUT2D eigenvalue weighted by Crippen LogP contribution is 2.28. The summed E-state index contributed by atoms with van der Waals surface area (Å²) in [5.74, 6) is -1.74. The lowest BCUT2D eigenvalue weighted by molar-refractivity contribution is -0.151. The minimum Gasteiger partial charge on any atom is -0.454 e. The van der Waals surface area contributed by atoms with Crippen LogP contribution in [0.4, 0.5) is 4.79 Å². The van der Waals surface area contributed by atoms with E-state index in [4.69, 9.17) is 4.74 Å². The molecule has 8 nitrogen and oxygen atoms in total. The number of ether oxygens (including phenoxy) is 1. The van der Waals surface area contributed by atoms with E-state index in [-0.39, 0.29) is 11.9 Å². The van der Waals surface area contributed by atoms with E-state index < -0.39 is 36.6 Å². The van der Waals surface area contributed by atoms with Crippen LogP contribution in [0.15, 0.2) is 24.3 Å². The molecule has 2 fully saturated rings. The number of hydrogen-bond donors (Lipinski definition) is 2. The SMILES string of the molecule is Cc1ccc([C@]2(C)NC(=O)N(CC(=O)OCC(=O)NC3CC3)C2=O)cc1. The van der Waals surface area contributed by atoms with E-state index in [0.29, 0.717) is 5.56 Å². The monoisotopic (exact) mass is 359 g/mol. The minimum absolute atomic E-state index is 0.169. The number of carbonyl (C=O) groups excluding carboxylic acids is 4. The summed E-state index contributed by atoms with van der Waals surface area (Å²) in [5, 5.41) is 5.30. The molecule has 1 heterocycles. The summed E-state index contributed by atoms with van der Waals surface area (Å²) < 4.78 is 4.86. The quantitative estimate of drug-likeness (QED) is 0.571. The molecule has 1 saturated carbocycles. The lowest BCUT2D eigenvalue weighted by atomic mass is 9.91. The van der Waals surface area contributed by atoms with E-state index >= 15 is 0 Å². The van der Waals surface area contributed by atoms with E-state index in [1.54, 1.807) is 19.1 Å². The van der Waals surface area contributed by atoms with Gasteiger partial charge in [-0.1, -0.05) is 29.8 Å². The number of rotatable bonds is 6. The Morgan fingerprint density at radius 3 is 2.54 bits per heavy atom. The average molecular weight is 359 g/mol. The fourth-order valence-electron chi connectivity index (χ4n) is 2.74. The summed E-state index contributed by atoms with van der Waals surface area (Å²) in [6.07, 6.45) is 1.86. The minimum atomic E-state index is -1.24. The topological polar surface area (TPSA) is 105 Å². The van der Waals surface area contributed by atoms with Crippen molar-refractivity contribution in [2.45, 2.75) is 38.3 Å². The van der Waals surface area contributed by atoms with Crippen molar-refractivity contribution in [1.82, 2.24) is 15.5 Å². The number of carbonyl (C=O) groups is 4. The highest BCUT2D eigenvalue weighted by atomic mass is 16.5. The second kappa shape index (κ2) is 6.78. The number of esters is 1. The molecule has 2 aliphatic rings. The van der Waals surface area contributed by atoms with Crippen LogP contribution in [0.3, 0.4) is 0 Å². The Morgan fingerprint density at radius 1 is 1.27 bits per heavy atom. The molecule has 1 aliphatic heterocycles. The van der Waals surface area contributed by atoms with Crippen LogP contribution < -0.4 is 10.6 Å². The second-order valence-electron chi connectivity index (χ2n) is 6.81. The number of amides is 4. The van der Waals surface area contributed by atoms with Gasteiger partial charge in [-0.2, -0.15) is 0 Å². The molecular weight excluding hydrogens is 338 g/mol. The van der Waals surface area contributed by atoms with E-state index in [0.717, 1.165) is 23.3 Å². The first-order valence-electron chi connectivity index (χ1n) is 8.46. The molecule has 1 atom stereocenters. The van der Waals surface area contributed by atoms with E-state index in [1.165, 1.54) is 0 Å².